The molecule has 7 nitrogen and oxygen atoms in total. The molecular weight excluding hydrogens is 472 g/mol. The van der Waals surface area contributed by atoms with Crippen LogP contribution in [-0.4, -0.2) is 27.1 Å². The maximum absolute atomic E-state index is 13.4. The summed E-state index contributed by atoms with van der Waals surface area (Å²) in [4.78, 5) is 42.8. The lowest BCUT2D eigenvalue weighted by Gasteiger charge is -2.17. The van der Waals surface area contributed by atoms with Gasteiger partial charge in [-0.05, 0) is 61.4 Å². The first-order chi connectivity index (χ1) is 16.3. The lowest BCUT2D eigenvalue weighted by atomic mass is 10.1. The fourth-order valence-corrected chi connectivity index (χ4v) is 4.46. The van der Waals surface area contributed by atoms with Gasteiger partial charge in [-0.2, -0.15) is 0 Å². The van der Waals surface area contributed by atoms with Crippen LogP contribution in [-0.2, 0) is 4.79 Å². The molecule has 0 aliphatic carbocycles. The standard InChI is InChI=1S/C25H21ClN4O3S/c1-15-6-5-7-16(2)22(15)30-24(33)19-8-3-4-9-20(19)27-25(30)34-14-21(31)28-29-23(32)17-10-12-18(26)13-11-17/h3-13H,14H2,1-2H3,(H,28,31)(H,29,32). The van der Waals surface area contributed by atoms with Gasteiger partial charge < -0.3 is 0 Å². The van der Waals surface area contributed by atoms with E-state index in [1.165, 1.54) is 0 Å². The van der Waals surface area contributed by atoms with E-state index in [-0.39, 0.29) is 11.3 Å². The summed E-state index contributed by atoms with van der Waals surface area (Å²) in [5.74, 6) is -0.967. The Hall–Kier alpha value is -3.62. The molecule has 34 heavy (non-hydrogen) atoms. The summed E-state index contributed by atoms with van der Waals surface area (Å²) < 4.78 is 1.55. The highest BCUT2D eigenvalue weighted by Gasteiger charge is 2.17. The van der Waals surface area contributed by atoms with E-state index in [1.54, 1.807) is 47.0 Å². The van der Waals surface area contributed by atoms with Crippen LogP contribution in [0.4, 0.5) is 0 Å². The van der Waals surface area contributed by atoms with E-state index in [4.69, 9.17) is 11.6 Å². The molecule has 0 unspecified atom stereocenters. The third kappa shape index (κ3) is 4.98. The number of fused-ring (bicyclic) bond motifs is 1. The highest BCUT2D eigenvalue weighted by Crippen LogP contribution is 2.25. The third-order valence-electron chi connectivity index (χ3n) is 5.16. The molecule has 0 aliphatic heterocycles. The van der Waals surface area contributed by atoms with Gasteiger partial charge in [-0.3, -0.25) is 29.8 Å². The molecule has 3 aromatic carbocycles. The van der Waals surface area contributed by atoms with Crippen molar-refractivity contribution in [2.24, 2.45) is 0 Å². The fourth-order valence-electron chi connectivity index (χ4n) is 3.53. The second-order valence-electron chi connectivity index (χ2n) is 7.59. The van der Waals surface area contributed by atoms with Gasteiger partial charge in [0, 0.05) is 10.6 Å². The summed E-state index contributed by atoms with van der Waals surface area (Å²) in [5.41, 5.74) is 8.05. The maximum Gasteiger partial charge on any atom is 0.269 e. The molecule has 1 heterocycles. The molecule has 0 radical (unpaired) electrons. The molecule has 9 heteroatoms. The van der Waals surface area contributed by atoms with Gasteiger partial charge in [0.05, 0.1) is 22.3 Å². The Morgan fingerprint density at radius 1 is 0.941 bits per heavy atom. The second kappa shape index (κ2) is 10.1. The van der Waals surface area contributed by atoms with Crippen LogP contribution in [0, 0.1) is 13.8 Å². The molecule has 0 spiro atoms. The van der Waals surface area contributed by atoms with Gasteiger partial charge >= 0.3 is 0 Å². The average molecular weight is 493 g/mol. The quantitative estimate of drug-likeness (QED) is 0.247. The normalized spacial score (nSPS) is 10.8. The minimum Gasteiger partial charge on any atom is -0.272 e. The zero-order valence-electron chi connectivity index (χ0n) is 18.5. The van der Waals surface area contributed by atoms with Crippen molar-refractivity contribution in [3.8, 4) is 5.69 Å². The number of hydrogen-bond donors (Lipinski definition) is 2. The Bertz CT molecular complexity index is 1430. The first kappa shape index (κ1) is 23.5. The van der Waals surface area contributed by atoms with Crippen molar-refractivity contribution < 1.29 is 9.59 Å². The first-order valence-electron chi connectivity index (χ1n) is 10.4. The summed E-state index contributed by atoms with van der Waals surface area (Å²) in [6.07, 6.45) is 0. The van der Waals surface area contributed by atoms with Crippen LogP contribution in [0.1, 0.15) is 21.5 Å². The second-order valence-corrected chi connectivity index (χ2v) is 8.97. The number of nitrogens with one attached hydrogen (secondary N) is 2. The van der Waals surface area contributed by atoms with Crippen molar-refractivity contribution in [1.82, 2.24) is 20.4 Å². The van der Waals surface area contributed by atoms with Crippen LogP contribution in [0.5, 0.6) is 0 Å². The van der Waals surface area contributed by atoms with E-state index in [0.29, 0.717) is 26.6 Å². The summed E-state index contributed by atoms with van der Waals surface area (Å²) in [5, 5.41) is 1.39. The third-order valence-corrected chi connectivity index (χ3v) is 6.35. The molecule has 2 amide bonds. The average Bonchev–Trinajstić information content (AvgIpc) is 2.83. The number of hydrazine groups is 1. The Labute approximate surface area is 205 Å². The van der Waals surface area contributed by atoms with Crippen molar-refractivity contribution in [1.29, 1.82) is 0 Å². The Morgan fingerprint density at radius 2 is 1.62 bits per heavy atom. The molecule has 0 saturated carbocycles. The SMILES string of the molecule is Cc1cccc(C)c1-n1c(SCC(=O)NNC(=O)c2ccc(Cl)cc2)nc2ccccc2c1=O. The Balaban J connectivity index is 1.58. The molecule has 0 bridgehead atoms. The molecule has 4 aromatic rings. The number of nitrogens with zero attached hydrogens (tertiary/aromatic N) is 2. The largest absolute Gasteiger partial charge is 0.272 e. The zero-order chi connectivity index (χ0) is 24.2. The number of aromatic nitrogens is 2. The monoisotopic (exact) mass is 492 g/mol. The van der Waals surface area contributed by atoms with E-state index in [1.807, 2.05) is 38.1 Å². The predicted molar refractivity (Wildman–Crippen MR) is 135 cm³/mol. The number of aryl methyl sites for hydroxylation is 2. The highest BCUT2D eigenvalue weighted by molar-refractivity contribution is 7.99. The van der Waals surface area contributed by atoms with E-state index in [0.717, 1.165) is 28.6 Å². The van der Waals surface area contributed by atoms with Gasteiger partial charge in [0.25, 0.3) is 11.5 Å². The van der Waals surface area contributed by atoms with Crippen molar-refractivity contribution in [2.75, 3.05) is 5.75 Å². The van der Waals surface area contributed by atoms with Crippen LogP contribution in [0.25, 0.3) is 16.6 Å². The van der Waals surface area contributed by atoms with Crippen LogP contribution in [0.3, 0.4) is 0 Å². The zero-order valence-corrected chi connectivity index (χ0v) is 20.0. The number of amides is 2. The molecule has 0 aliphatic rings. The van der Waals surface area contributed by atoms with Gasteiger partial charge in [0.15, 0.2) is 5.16 Å². The van der Waals surface area contributed by atoms with Crippen LogP contribution >= 0.6 is 23.4 Å². The molecule has 0 saturated heterocycles. The summed E-state index contributed by atoms with van der Waals surface area (Å²) >= 11 is 6.95. The van der Waals surface area contributed by atoms with Gasteiger partial charge in [-0.25, -0.2) is 4.98 Å². The number of halogens is 1. The van der Waals surface area contributed by atoms with Gasteiger partial charge in [-0.15, -0.1) is 0 Å². The Morgan fingerprint density at radius 3 is 2.32 bits per heavy atom. The van der Waals surface area contributed by atoms with Gasteiger partial charge in [-0.1, -0.05) is 53.7 Å². The smallest absolute Gasteiger partial charge is 0.269 e. The Kier molecular flexibility index (Phi) is 7.00. The van der Waals surface area contributed by atoms with Crippen LogP contribution in [0.2, 0.25) is 5.02 Å². The number of rotatable bonds is 5. The summed E-state index contributed by atoms with van der Waals surface area (Å²) in [6, 6.07) is 19.2. The number of benzene rings is 3. The molecule has 172 valence electrons. The van der Waals surface area contributed by atoms with Gasteiger partial charge in [0.2, 0.25) is 5.91 Å². The van der Waals surface area contributed by atoms with E-state index >= 15 is 0 Å². The molecule has 1 aromatic heterocycles. The molecule has 0 atom stereocenters. The van der Waals surface area contributed by atoms with Crippen LogP contribution in [0.15, 0.2) is 76.7 Å². The molecule has 4 rings (SSSR count). The minimum atomic E-state index is -0.466. The lowest BCUT2D eigenvalue weighted by Crippen LogP contribution is -2.42. The van der Waals surface area contributed by atoms with Crippen molar-refractivity contribution in [2.45, 2.75) is 19.0 Å². The molecule has 0 fully saturated rings. The number of carbonyl (C=O) groups excluding carboxylic acids is 2. The van der Waals surface area contributed by atoms with E-state index in [2.05, 4.69) is 15.8 Å². The predicted octanol–water partition coefficient (Wildman–Crippen LogP) is 4.21. The number of carbonyl (C=O) groups is 2. The lowest BCUT2D eigenvalue weighted by molar-refractivity contribution is -0.119. The van der Waals surface area contributed by atoms with Crippen LogP contribution < -0.4 is 16.4 Å². The molecular formula is C25H21ClN4O3S. The van der Waals surface area contributed by atoms with Crippen molar-refractivity contribution in [3.05, 3.63) is 98.8 Å². The van der Waals surface area contributed by atoms with Crippen molar-refractivity contribution in [3.63, 3.8) is 0 Å². The van der Waals surface area contributed by atoms with Crippen molar-refractivity contribution >= 4 is 46.1 Å². The maximum atomic E-state index is 13.4. The summed E-state index contributed by atoms with van der Waals surface area (Å²) in [6.45, 7) is 3.86. The number of thioether (sulfide) groups is 1. The number of para-hydroxylation sites is 2. The first-order valence-corrected chi connectivity index (χ1v) is 11.8. The highest BCUT2D eigenvalue weighted by atomic mass is 35.5. The van der Waals surface area contributed by atoms with Gasteiger partial charge in [0.1, 0.15) is 0 Å². The fraction of sp³-hybridized carbons (Fsp3) is 0.120. The topological polar surface area (TPSA) is 93.1 Å². The minimum absolute atomic E-state index is 0.0589. The molecule has 2 N–H and O–H groups in total. The number of hydrogen-bond acceptors (Lipinski definition) is 5. The summed E-state index contributed by atoms with van der Waals surface area (Å²) in [7, 11) is 0. The van der Waals surface area contributed by atoms with E-state index in [9.17, 15) is 14.4 Å². The van der Waals surface area contributed by atoms with E-state index < -0.39 is 11.8 Å².